The molecule has 13 heavy (non-hydrogen) atoms. The van der Waals surface area contributed by atoms with Gasteiger partial charge in [0.1, 0.15) is 0 Å². The van der Waals surface area contributed by atoms with Crippen LogP contribution in [0.2, 0.25) is 0 Å². The number of nitrogens with two attached hydrogens (primary N) is 1. The Kier molecular flexibility index (Phi) is 3.98. The molecule has 1 saturated carbocycles. The first-order valence-corrected chi connectivity index (χ1v) is 4.95. The average molecular weight is 179 g/mol. The summed E-state index contributed by atoms with van der Waals surface area (Å²) in [6.45, 7) is 0. The van der Waals surface area contributed by atoms with Gasteiger partial charge in [-0.15, -0.1) is 12.3 Å². The van der Waals surface area contributed by atoms with E-state index in [-0.39, 0.29) is 5.78 Å². The van der Waals surface area contributed by atoms with Crippen molar-refractivity contribution in [1.29, 1.82) is 0 Å². The van der Waals surface area contributed by atoms with Crippen LogP contribution in [0.3, 0.4) is 0 Å². The lowest BCUT2D eigenvalue weighted by Gasteiger charge is -2.11. The molecule has 72 valence electrons. The Balaban J connectivity index is 2.27. The fourth-order valence-corrected chi connectivity index (χ4v) is 1.89. The molecule has 0 aliphatic heterocycles. The third-order valence-electron chi connectivity index (χ3n) is 2.72. The highest BCUT2D eigenvalue weighted by Gasteiger charge is 2.21. The van der Waals surface area contributed by atoms with Crippen LogP contribution >= 0.6 is 0 Å². The van der Waals surface area contributed by atoms with Crippen molar-refractivity contribution in [2.24, 2.45) is 11.7 Å². The Morgan fingerprint density at radius 1 is 1.54 bits per heavy atom. The first-order valence-electron chi connectivity index (χ1n) is 4.95. The summed E-state index contributed by atoms with van der Waals surface area (Å²) in [7, 11) is 0. The molecule has 1 rings (SSSR count). The lowest BCUT2D eigenvalue weighted by molar-refractivity contribution is -0.121. The van der Waals surface area contributed by atoms with Gasteiger partial charge in [0, 0.05) is 12.8 Å². The van der Waals surface area contributed by atoms with Gasteiger partial charge < -0.3 is 5.73 Å². The van der Waals surface area contributed by atoms with E-state index in [1.165, 1.54) is 25.7 Å². The van der Waals surface area contributed by atoms with Gasteiger partial charge in [-0.3, -0.25) is 4.79 Å². The summed E-state index contributed by atoms with van der Waals surface area (Å²) in [5.74, 6) is 3.15. The van der Waals surface area contributed by atoms with Gasteiger partial charge in [0.15, 0.2) is 5.78 Å². The Morgan fingerprint density at radius 2 is 2.15 bits per heavy atom. The van der Waals surface area contributed by atoms with Crippen molar-refractivity contribution < 1.29 is 4.79 Å². The maximum Gasteiger partial charge on any atom is 0.150 e. The first kappa shape index (κ1) is 10.3. The van der Waals surface area contributed by atoms with Gasteiger partial charge in [-0.1, -0.05) is 25.7 Å². The molecule has 1 atom stereocenters. The van der Waals surface area contributed by atoms with Crippen LogP contribution < -0.4 is 5.73 Å². The molecule has 2 heteroatoms. The number of hydrogen-bond donors (Lipinski definition) is 1. The van der Waals surface area contributed by atoms with Crippen LogP contribution in [0, 0.1) is 18.3 Å². The quantitative estimate of drug-likeness (QED) is 0.664. The fourth-order valence-electron chi connectivity index (χ4n) is 1.89. The van der Waals surface area contributed by atoms with E-state index < -0.39 is 6.04 Å². The van der Waals surface area contributed by atoms with E-state index in [9.17, 15) is 4.79 Å². The van der Waals surface area contributed by atoms with E-state index in [0.29, 0.717) is 18.8 Å². The standard InChI is InChI=1S/C11H17NO/c1-2-5-10(12)11(13)8-9-6-3-4-7-9/h1,9-10H,3-8,12H2. The van der Waals surface area contributed by atoms with Gasteiger partial charge in [0.05, 0.1) is 6.04 Å². The van der Waals surface area contributed by atoms with Gasteiger partial charge in [0.25, 0.3) is 0 Å². The summed E-state index contributed by atoms with van der Waals surface area (Å²) in [5, 5.41) is 0. The highest BCUT2D eigenvalue weighted by atomic mass is 16.1. The summed E-state index contributed by atoms with van der Waals surface area (Å²) >= 11 is 0. The fraction of sp³-hybridized carbons (Fsp3) is 0.727. The number of rotatable bonds is 4. The molecule has 0 aromatic heterocycles. The predicted molar refractivity (Wildman–Crippen MR) is 53.0 cm³/mol. The van der Waals surface area contributed by atoms with Gasteiger partial charge >= 0.3 is 0 Å². The molecular weight excluding hydrogens is 162 g/mol. The minimum absolute atomic E-state index is 0.143. The van der Waals surface area contributed by atoms with E-state index in [2.05, 4.69) is 5.92 Å². The molecule has 1 unspecified atom stereocenters. The van der Waals surface area contributed by atoms with Gasteiger partial charge in [-0.05, 0) is 5.92 Å². The second-order valence-electron chi connectivity index (χ2n) is 3.84. The maximum absolute atomic E-state index is 11.5. The highest BCUT2D eigenvalue weighted by molar-refractivity contribution is 5.84. The Bertz CT molecular complexity index is 211. The minimum atomic E-state index is -0.425. The number of carbonyl (C=O) groups is 1. The molecule has 2 N–H and O–H groups in total. The summed E-state index contributed by atoms with van der Waals surface area (Å²) in [5.41, 5.74) is 5.61. The van der Waals surface area contributed by atoms with E-state index in [1.54, 1.807) is 0 Å². The lowest BCUT2D eigenvalue weighted by Crippen LogP contribution is -2.31. The average Bonchev–Trinajstić information content (AvgIpc) is 2.57. The molecule has 1 aliphatic carbocycles. The van der Waals surface area contributed by atoms with E-state index in [1.807, 2.05) is 0 Å². The van der Waals surface area contributed by atoms with Crippen LogP contribution in [0.15, 0.2) is 0 Å². The van der Waals surface area contributed by atoms with Crippen molar-refractivity contribution in [3.05, 3.63) is 0 Å². The highest BCUT2D eigenvalue weighted by Crippen LogP contribution is 2.27. The van der Waals surface area contributed by atoms with Crippen molar-refractivity contribution in [1.82, 2.24) is 0 Å². The Morgan fingerprint density at radius 3 is 2.69 bits per heavy atom. The Hall–Kier alpha value is -0.810. The molecular formula is C11H17NO. The van der Waals surface area contributed by atoms with E-state index >= 15 is 0 Å². The monoisotopic (exact) mass is 179 g/mol. The van der Waals surface area contributed by atoms with Crippen molar-refractivity contribution in [2.45, 2.75) is 44.6 Å². The number of terminal acetylenes is 1. The zero-order valence-electron chi connectivity index (χ0n) is 7.96. The SMILES string of the molecule is C#CCC(N)C(=O)CC1CCCC1. The number of hydrogen-bond acceptors (Lipinski definition) is 2. The molecule has 0 saturated heterocycles. The molecule has 0 radical (unpaired) electrons. The summed E-state index contributed by atoms with van der Waals surface area (Å²) in [4.78, 5) is 11.5. The van der Waals surface area contributed by atoms with Crippen molar-refractivity contribution >= 4 is 5.78 Å². The maximum atomic E-state index is 11.5. The molecule has 0 aromatic carbocycles. The molecule has 0 spiro atoms. The largest absolute Gasteiger partial charge is 0.321 e. The second-order valence-corrected chi connectivity index (χ2v) is 3.84. The minimum Gasteiger partial charge on any atom is -0.321 e. The van der Waals surface area contributed by atoms with Gasteiger partial charge in [0.2, 0.25) is 0 Å². The van der Waals surface area contributed by atoms with E-state index in [4.69, 9.17) is 12.2 Å². The molecule has 0 bridgehead atoms. The topological polar surface area (TPSA) is 43.1 Å². The van der Waals surface area contributed by atoms with E-state index in [0.717, 1.165) is 0 Å². The zero-order chi connectivity index (χ0) is 9.68. The molecule has 2 nitrogen and oxygen atoms in total. The van der Waals surface area contributed by atoms with Crippen LogP contribution in [-0.2, 0) is 4.79 Å². The molecule has 1 fully saturated rings. The normalized spacial score (nSPS) is 19.7. The number of carbonyl (C=O) groups excluding carboxylic acids is 1. The van der Waals surface area contributed by atoms with Crippen LogP contribution in [-0.4, -0.2) is 11.8 Å². The van der Waals surface area contributed by atoms with Crippen molar-refractivity contribution in [2.75, 3.05) is 0 Å². The zero-order valence-corrected chi connectivity index (χ0v) is 7.96. The Labute approximate surface area is 79.9 Å². The van der Waals surface area contributed by atoms with Crippen LogP contribution in [0.25, 0.3) is 0 Å². The van der Waals surface area contributed by atoms with Crippen LogP contribution in [0.4, 0.5) is 0 Å². The first-order chi connectivity index (χ1) is 6.24. The van der Waals surface area contributed by atoms with Gasteiger partial charge in [-0.2, -0.15) is 0 Å². The predicted octanol–water partition coefficient (Wildman–Crippen LogP) is 1.49. The molecule has 0 heterocycles. The number of Topliss-reactive ketones (excluding diaryl/α,β-unsaturated/α-hetero) is 1. The van der Waals surface area contributed by atoms with Crippen molar-refractivity contribution in [3.63, 3.8) is 0 Å². The second kappa shape index (κ2) is 5.04. The summed E-state index contributed by atoms with van der Waals surface area (Å²) in [6.07, 6.45) is 11.0. The number of ketones is 1. The molecule has 0 amide bonds. The summed E-state index contributed by atoms with van der Waals surface area (Å²) < 4.78 is 0. The molecule has 0 aromatic rings. The van der Waals surface area contributed by atoms with Crippen LogP contribution in [0.1, 0.15) is 38.5 Å². The smallest absolute Gasteiger partial charge is 0.150 e. The van der Waals surface area contributed by atoms with Crippen LogP contribution in [0.5, 0.6) is 0 Å². The molecule has 1 aliphatic rings. The van der Waals surface area contributed by atoms with Gasteiger partial charge in [-0.25, -0.2) is 0 Å². The summed E-state index contributed by atoms with van der Waals surface area (Å²) in [6, 6.07) is -0.425. The lowest BCUT2D eigenvalue weighted by atomic mass is 9.96. The van der Waals surface area contributed by atoms with Crippen molar-refractivity contribution in [3.8, 4) is 12.3 Å². The third-order valence-corrected chi connectivity index (χ3v) is 2.72. The third kappa shape index (κ3) is 3.20.